The van der Waals surface area contributed by atoms with Gasteiger partial charge in [-0.3, -0.25) is 0 Å². The van der Waals surface area contributed by atoms with Crippen LogP contribution < -0.4 is 0 Å². The van der Waals surface area contributed by atoms with Gasteiger partial charge in [0.2, 0.25) is 0 Å². The van der Waals surface area contributed by atoms with Crippen molar-refractivity contribution in [3.63, 3.8) is 0 Å². The summed E-state index contributed by atoms with van der Waals surface area (Å²) in [6.07, 6.45) is 2.46. The van der Waals surface area contributed by atoms with Crippen LogP contribution >= 0.6 is 0 Å². The molecular formula is C11H20O3. The van der Waals surface area contributed by atoms with E-state index < -0.39 is 12.1 Å². The largest absolute Gasteiger partial charge is 0.462 e. The number of aliphatic hydroxyl groups is 1. The summed E-state index contributed by atoms with van der Waals surface area (Å²) in [5.74, 6) is -0.473. The standard InChI is InChI=1S/C11H20O3/c1-4-6-8-14-11(13)9(3)10(12)7-5-2/h10,12H,3-8H2,1-2H3. The van der Waals surface area contributed by atoms with Crippen molar-refractivity contribution in [1.82, 2.24) is 0 Å². The number of carbonyl (C=O) groups excluding carboxylic acids is 1. The molecular weight excluding hydrogens is 180 g/mol. The highest BCUT2D eigenvalue weighted by atomic mass is 16.5. The first-order valence-corrected chi connectivity index (χ1v) is 5.17. The third-order valence-corrected chi connectivity index (χ3v) is 1.96. The van der Waals surface area contributed by atoms with Gasteiger partial charge >= 0.3 is 5.97 Å². The van der Waals surface area contributed by atoms with E-state index in [1.54, 1.807) is 0 Å². The van der Waals surface area contributed by atoms with Crippen molar-refractivity contribution < 1.29 is 14.6 Å². The zero-order valence-corrected chi connectivity index (χ0v) is 9.08. The monoisotopic (exact) mass is 200 g/mol. The molecule has 0 bridgehead atoms. The summed E-state index contributed by atoms with van der Waals surface area (Å²) < 4.78 is 4.91. The summed E-state index contributed by atoms with van der Waals surface area (Å²) in [7, 11) is 0. The Bertz CT molecular complexity index is 187. The van der Waals surface area contributed by atoms with Crippen LogP contribution in [-0.4, -0.2) is 23.8 Å². The van der Waals surface area contributed by atoms with Gasteiger partial charge in [0.15, 0.2) is 0 Å². The topological polar surface area (TPSA) is 46.5 Å². The molecule has 3 heteroatoms. The zero-order valence-electron chi connectivity index (χ0n) is 9.08. The van der Waals surface area contributed by atoms with E-state index >= 15 is 0 Å². The van der Waals surface area contributed by atoms with E-state index in [4.69, 9.17) is 4.74 Å². The fraction of sp³-hybridized carbons (Fsp3) is 0.727. The number of ether oxygens (including phenoxy) is 1. The highest BCUT2D eigenvalue weighted by Crippen LogP contribution is 2.08. The molecule has 0 aliphatic rings. The molecule has 0 saturated carbocycles. The lowest BCUT2D eigenvalue weighted by atomic mass is 10.1. The average molecular weight is 200 g/mol. The molecule has 3 nitrogen and oxygen atoms in total. The van der Waals surface area contributed by atoms with Crippen molar-refractivity contribution in [3.05, 3.63) is 12.2 Å². The molecule has 14 heavy (non-hydrogen) atoms. The number of carbonyl (C=O) groups is 1. The lowest BCUT2D eigenvalue weighted by Crippen LogP contribution is -2.19. The van der Waals surface area contributed by atoms with Crippen molar-refractivity contribution in [2.45, 2.75) is 45.6 Å². The predicted molar refractivity (Wildman–Crippen MR) is 55.9 cm³/mol. The first-order valence-electron chi connectivity index (χ1n) is 5.17. The van der Waals surface area contributed by atoms with E-state index in [9.17, 15) is 9.90 Å². The Labute approximate surface area is 85.8 Å². The summed E-state index contributed by atoms with van der Waals surface area (Å²) in [6.45, 7) is 7.90. The van der Waals surface area contributed by atoms with Gasteiger partial charge in [-0.2, -0.15) is 0 Å². The van der Waals surface area contributed by atoms with E-state index in [-0.39, 0.29) is 5.57 Å². The van der Waals surface area contributed by atoms with Gasteiger partial charge in [0.25, 0.3) is 0 Å². The molecule has 1 unspecified atom stereocenters. The first-order chi connectivity index (χ1) is 6.63. The minimum absolute atomic E-state index is 0.169. The fourth-order valence-electron chi connectivity index (χ4n) is 0.986. The summed E-state index contributed by atoms with van der Waals surface area (Å²) in [5, 5.41) is 9.44. The molecule has 0 amide bonds. The molecule has 0 fully saturated rings. The number of rotatable bonds is 7. The average Bonchev–Trinajstić information content (AvgIpc) is 2.17. The second kappa shape index (κ2) is 7.56. The summed E-state index contributed by atoms with van der Waals surface area (Å²) >= 11 is 0. The van der Waals surface area contributed by atoms with Gasteiger partial charge < -0.3 is 9.84 Å². The number of unbranched alkanes of at least 4 members (excludes halogenated alkanes) is 1. The maximum absolute atomic E-state index is 11.3. The van der Waals surface area contributed by atoms with Gasteiger partial charge in [-0.05, 0) is 12.8 Å². The third-order valence-electron chi connectivity index (χ3n) is 1.96. The minimum Gasteiger partial charge on any atom is -0.462 e. The van der Waals surface area contributed by atoms with Crippen molar-refractivity contribution >= 4 is 5.97 Å². The highest BCUT2D eigenvalue weighted by molar-refractivity contribution is 5.88. The van der Waals surface area contributed by atoms with Gasteiger partial charge in [0, 0.05) is 0 Å². The van der Waals surface area contributed by atoms with Gasteiger partial charge in [-0.15, -0.1) is 0 Å². The van der Waals surface area contributed by atoms with Gasteiger partial charge in [0.05, 0.1) is 18.3 Å². The lowest BCUT2D eigenvalue weighted by Gasteiger charge is -2.11. The summed E-state index contributed by atoms with van der Waals surface area (Å²) in [4.78, 5) is 11.3. The number of hydrogen-bond donors (Lipinski definition) is 1. The van der Waals surface area contributed by atoms with Crippen LogP contribution in [0.1, 0.15) is 39.5 Å². The normalized spacial score (nSPS) is 12.2. The van der Waals surface area contributed by atoms with Gasteiger partial charge in [0.1, 0.15) is 0 Å². The van der Waals surface area contributed by atoms with E-state index in [0.29, 0.717) is 13.0 Å². The predicted octanol–water partition coefficient (Wildman–Crippen LogP) is 2.05. The quantitative estimate of drug-likeness (QED) is 0.388. The molecule has 0 spiro atoms. The van der Waals surface area contributed by atoms with Crippen LogP contribution in [0.25, 0.3) is 0 Å². The van der Waals surface area contributed by atoms with Crippen molar-refractivity contribution in [1.29, 1.82) is 0 Å². The summed E-state index contributed by atoms with van der Waals surface area (Å²) in [5.41, 5.74) is 0.169. The molecule has 0 saturated heterocycles. The molecule has 0 aliphatic carbocycles. The van der Waals surface area contributed by atoms with Gasteiger partial charge in [-0.25, -0.2) is 4.79 Å². The maximum atomic E-state index is 11.3. The van der Waals surface area contributed by atoms with Crippen molar-refractivity contribution in [2.75, 3.05) is 6.61 Å². The van der Waals surface area contributed by atoms with Crippen molar-refractivity contribution in [2.24, 2.45) is 0 Å². The molecule has 1 N–H and O–H groups in total. The number of aliphatic hydroxyl groups excluding tert-OH is 1. The molecule has 0 heterocycles. The van der Waals surface area contributed by atoms with E-state index in [1.165, 1.54) is 0 Å². The maximum Gasteiger partial charge on any atom is 0.336 e. The summed E-state index contributed by atoms with van der Waals surface area (Å²) in [6, 6.07) is 0. The Morgan fingerprint density at radius 1 is 1.43 bits per heavy atom. The van der Waals surface area contributed by atoms with Crippen LogP contribution in [0, 0.1) is 0 Å². The SMILES string of the molecule is C=C(C(=O)OCCCC)C(O)CCC. The Kier molecular flexibility index (Phi) is 7.11. The number of esters is 1. The molecule has 0 aromatic rings. The highest BCUT2D eigenvalue weighted by Gasteiger charge is 2.16. The van der Waals surface area contributed by atoms with Crippen molar-refractivity contribution in [3.8, 4) is 0 Å². The van der Waals surface area contributed by atoms with Crippen LogP contribution in [-0.2, 0) is 9.53 Å². The second-order valence-corrected chi connectivity index (χ2v) is 3.32. The molecule has 1 atom stereocenters. The number of hydrogen-bond acceptors (Lipinski definition) is 3. The van der Waals surface area contributed by atoms with E-state index in [0.717, 1.165) is 19.3 Å². The molecule has 0 aromatic carbocycles. The Morgan fingerprint density at radius 2 is 2.07 bits per heavy atom. The first kappa shape index (κ1) is 13.2. The molecule has 82 valence electrons. The molecule has 0 aliphatic heterocycles. The Morgan fingerprint density at radius 3 is 2.57 bits per heavy atom. The fourth-order valence-corrected chi connectivity index (χ4v) is 0.986. The van der Waals surface area contributed by atoms with Crippen LogP contribution in [0.15, 0.2) is 12.2 Å². The smallest absolute Gasteiger partial charge is 0.336 e. The van der Waals surface area contributed by atoms with E-state index in [2.05, 4.69) is 6.58 Å². The molecule has 0 aromatic heterocycles. The zero-order chi connectivity index (χ0) is 11.0. The van der Waals surface area contributed by atoms with Gasteiger partial charge in [-0.1, -0.05) is 33.3 Å². The van der Waals surface area contributed by atoms with Crippen LogP contribution in [0.4, 0.5) is 0 Å². The molecule has 0 radical (unpaired) electrons. The van der Waals surface area contributed by atoms with Crippen LogP contribution in [0.3, 0.4) is 0 Å². The Hall–Kier alpha value is -0.830. The van der Waals surface area contributed by atoms with Crippen LogP contribution in [0.2, 0.25) is 0 Å². The third kappa shape index (κ3) is 5.02. The lowest BCUT2D eigenvalue weighted by molar-refractivity contribution is -0.140. The van der Waals surface area contributed by atoms with E-state index in [1.807, 2.05) is 13.8 Å². The second-order valence-electron chi connectivity index (χ2n) is 3.32. The Balaban J connectivity index is 3.81. The van der Waals surface area contributed by atoms with Crippen LogP contribution in [0.5, 0.6) is 0 Å². The molecule has 0 rings (SSSR count). The minimum atomic E-state index is -0.755.